The van der Waals surface area contributed by atoms with E-state index < -0.39 is 5.97 Å². The van der Waals surface area contributed by atoms with E-state index in [0.29, 0.717) is 24.1 Å². The van der Waals surface area contributed by atoms with Gasteiger partial charge in [-0.1, -0.05) is 11.6 Å². The molecule has 0 atom stereocenters. The summed E-state index contributed by atoms with van der Waals surface area (Å²) in [5.74, 6) is -0.338. The van der Waals surface area contributed by atoms with E-state index in [1.165, 1.54) is 12.1 Å². The second-order valence-electron chi connectivity index (χ2n) is 3.78. The van der Waals surface area contributed by atoms with Crippen molar-refractivity contribution in [3.63, 3.8) is 0 Å². The Morgan fingerprint density at radius 3 is 2.95 bits per heavy atom. The second kappa shape index (κ2) is 6.21. The molecule has 0 fully saturated rings. The zero-order valence-electron chi connectivity index (χ0n) is 10.6. The van der Waals surface area contributed by atoms with Crippen LogP contribution in [0.4, 0.5) is 11.6 Å². The lowest BCUT2D eigenvalue weighted by Gasteiger charge is -2.08. The molecule has 0 aliphatic rings. The molecule has 0 aliphatic heterocycles. The molecule has 20 heavy (non-hydrogen) atoms. The van der Waals surface area contributed by atoms with Crippen LogP contribution < -0.4 is 10.1 Å². The molecular formula is C13H12ClN3O3. The Morgan fingerprint density at radius 1 is 1.45 bits per heavy atom. The number of anilines is 2. The number of benzene rings is 1. The van der Waals surface area contributed by atoms with E-state index in [9.17, 15) is 4.79 Å². The van der Waals surface area contributed by atoms with Gasteiger partial charge in [0.25, 0.3) is 0 Å². The number of aromatic nitrogens is 2. The smallest absolute Gasteiger partial charge is 0.337 e. The van der Waals surface area contributed by atoms with Crippen LogP contribution in [0.25, 0.3) is 0 Å². The molecule has 0 unspecified atom stereocenters. The molecule has 0 aliphatic carbocycles. The van der Waals surface area contributed by atoms with E-state index in [0.717, 1.165) is 0 Å². The molecule has 2 rings (SSSR count). The van der Waals surface area contributed by atoms with Crippen LogP contribution in [0.15, 0.2) is 30.5 Å². The molecule has 0 bridgehead atoms. The third-order valence-corrected chi connectivity index (χ3v) is 2.70. The predicted molar refractivity (Wildman–Crippen MR) is 74.9 cm³/mol. The Labute approximate surface area is 120 Å². The van der Waals surface area contributed by atoms with Crippen LogP contribution in [0.3, 0.4) is 0 Å². The monoisotopic (exact) mass is 293 g/mol. The minimum atomic E-state index is -1.09. The number of halogens is 1. The highest BCUT2D eigenvalue weighted by atomic mass is 35.5. The number of hydrogen-bond acceptors (Lipinski definition) is 5. The lowest BCUT2D eigenvalue weighted by Crippen LogP contribution is -2.02. The van der Waals surface area contributed by atoms with Gasteiger partial charge in [0, 0.05) is 18.0 Å². The van der Waals surface area contributed by atoms with Gasteiger partial charge < -0.3 is 15.2 Å². The highest BCUT2D eigenvalue weighted by Crippen LogP contribution is 2.22. The highest BCUT2D eigenvalue weighted by Gasteiger charge is 2.10. The van der Waals surface area contributed by atoms with Crippen LogP contribution in [0.5, 0.6) is 5.88 Å². The molecular weight excluding hydrogens is 282 g/mol. The van der Waals surface area contributed by atoms with Crippen molar-refractivity contribution in [2.45, 2.75) is 6.92 Å². The molecule has 0 saturated carbocycles. The number of carboxylic acids is 1. The quantitative estimate of drug-likeness (QED) is 0.881. The van der Waals surface area contributed by atoms with Crippen LogP contribution >= 0.6 is 11.6 Å². The molecule has 0 saturated heterocycles. The van der Waals surface area contributed by atoms with E-state index in [1.54, 1.807) is 18.3 Å². The van der Waals surface area contributed by atoms with Gasteiger partial charge in [-0.25, -0.2) is 9.78 Å². The van der Waals surface area contributed by atoms with Crippen molar-refractivity contribution in [3.05, 3.63) is 41.0 Å². The first kappa shape index (κ1) is 14.1. The van der Waals surface area contributed by atoms with Crippen molar-refractivity contribution in [3.8, 4) is 5.88 Å². The number of rotatable bonds is 5. The zero-order valence-corrected chi connectivity index (χ0v) is 11.4. The van der Waals surface area contributed by atoms with E-state index >= 15 is 0 Å². The Kier molecular flexibility index (Phi) is 4.37. The van der Waals surface area contributed by atoms with Gasteiger partial charge in [0.1, 0.15) is 0 Å². The number of nitrogens with zero attached hydrogens (tertiary/aromatic N) is 2. The summed E-state index contributed by atoms with van der Waals surface area (Å²) in [6, 6.07) is 6.20. The average molecular weight is 294 g/mol. The number of nitrogens with one attached hydrogen (secondary N) is 1. The number of aromatic carboxylic acids is 1. The number of ether oxygens (including phenoxy) is 1. The predicted octanol–water partition coefficient (Wildman–Crippen LogP) is 2.97. The Bertz CT molecular complexity index is 634. The molecule has 6 nitrogen and oxygen atoms in total. The third-order valence-electron chi connectivity index (χ3n) is 2.38. The molecule has 104 valence electrons. The minimum absolute atomic E-state index is 0.0117. The maximum Gasteiger partial charge on any atom is 0.337 e. The third kappa shape index (κ3) is 3.36. The van der Waals surface area contributed by atoms with Crippen LogP contribution in [0.1, 0.15) is 17.3 Å². The Balaban J connectivity index is 2.23. The summed E-state index contributed by atoms with van der Waals surface area (Å²) in [4.78, 5) is 19.2. The summed E-state index contributed by atoms with van der Waals surface area (Å²) in [5.41, 5.74) is 0.540. The molecule has 0 amide bonds. The first-order chi connectivity index (χ1) is 9.60. The molecule has 2 aromatic rings. The fourth-order valence-corrected chi connectivity index (χ4v) is 1.73. The van der Waals surface area contributed by atoms with Gasteiger partial charge in [-0.15, -0.1) is 0 Å². The summed E-state index contributed by atoms with van der Waals surface area (Å²) in [6.07, 6.45) is 1.55. The van der Waals surface area contributed by atoms with Gasteiger partial charge in [0.2, 0.25) is 11.8 Å². The fourth-order valence-electron chi connectivity index (χ4n) is 1.53. The average Bonchev–Trinajstić information content (AvgIpc) is 2.41. The van der Waals surface area contributed by atoms with Crippen LogP contribution in [-0.2, 0) is 0 Å². The van der Waals surface area contributed by atoms with Gasteiger partial charge in [-0.05, 0) is 25.1 Å². The Hall–Kier alpha value is -2.34. The summed E-state index contributed by atoms with van der Waals surface area (Å²) < 4.78 is 5.26. The van der Waals surface area contributed by atoms with E-state index in [-0.39, 0.29) is 10.6 Å². The summed E-state index contributed by atoms with van der Waals surface area (Å²) >= 11 is 5.80. The lowest BCUT2D eigenvalue weighted by atomic mass is 10.2. The summed E-state index contributed by atoms with van der Waals surface area (Å²) in [5, 5.41) is 12.1. The molecule has 0 spiro atoms. The molecule has 7 heteroatoms. The number of carbonyl (C=O) groups is 1. The van der Waals surface area contributed by atoms with Crippen molar-refractivity contribution in [2.75, 3.05) is 11.9 Å². The van der Waals surface area contributed by atoms with Crippen LogP contribution in [0.2, 0.25) is 5.02 Å². The van der Waals surface area contributed by atoms with Crippen molar-refractivity contribution < 1.29 is 14.6 Å². The summed E-state index contributed by atoms with van der Waals surface area (Å²) in [7, 11) is 0. The topological polar surface area (TPSA) is 84.3 Å². The molecule has 1 aromatic heterocycles. The molecule has 2 N–H and O–H groups in total. The Morgan fingerprint density at radius 2 is 2.25 bits per heavy atom. The SMILES string of the molecule is CCOc1ccnc(Nc2ccc(Cl)c(C(=O)O)c2)n1. The van der Waals surface area contributed by atoms with Crippen LogP contribution in [0, 0.1) is 0 Å². The first-order valence-corrected chi connectivity index (χ1v) is 6.23. The van der Waals surface area contributed by atoms with Crippen molar-refractivity contribution in [1.82, 2.24) is 9.97 Å². The fraction of sp³-hybridized carbons (Fsp3) is 0.154. The molecule has 0 radical (unpaired) electrons. The largest absolute Gasteiger partial charge is 0.478 e. The van der Waals surface area contributed by atoms with Crippen molar-refractivity contribution in [1.29, 1.82) is 0 Å². The lowest BCUT2D eigenvalue weighted by molar-refractivity contribution is 0.0697. The van der Waals surface area contributed by atoms with Gasteiger partial charge in [0.05, 0.1) is 17.2 Å². The molecule has 1 heterocycles. The van der Waals surface area contributed by atoms with E-state index in [2.05, 4.69) is 15.3 Å². The normalized spacial score (nSPS) is 10.1. The number of hydrogen-bond donors (Lipinski definition) is 2. The van der Waals surface area contributed by atoms with Gasteiger partial charge in [-0.2, -0.15) is 4.98 Å². The maximum atomic E-state index is 11.0. The molecule has 1 aromatic carbocycles. The van der Waals surface area contributed by atoms with Crippen molar-refractivity contribution in [2.24, 2.45) is 0 Å². The van der Waals surface area contributed by atoms with Gasteiger partial charge in [0.15, 0.2) is 0 Å². The van der Waals surface area contributed by atoms with Gasteiger partial charge >= 0.3 is 5.97 Å². The standard InChI is InChI=1S/C13H12ClN3O3/c1-2-20-11-5-6-15-13(17-11)16-8-3-4-10(14)9(7-8)12(18)19/h3-7H,2H2,1H3,(H,18,19)(H,15,16,17). The second-order valence-corrected chi connectivity index (χ2v) is 4.18. The summed E-state index contributed by atoms with van der Waals surface area (Å²) in [6.45, 7) is 2.36. The van der Waals surface area contributed by atoms with E-state index in [1.807, 2.05) is 6.92 Å². The number of carboxylic acid groups (broad SMARTS) is 1. The minimum Gasteiger partial charge on any atom is -0.478 e. The van der Waals surface area contributed by atoms with Gasteiger partial charge in [-0.3, -0.25) is 0 Å². The van der Waals surface area contributed by atoms with E-state index in [4.69, 9.17) is 21.4 Å². The first-order valence-electron chi connectivity index (χ1n) is 5.86. The van der Waals surface area contributed by atoms with Crippen LogP contribution in [-0.4, -0.2) is 27.7 Å². The highest BCUT2D eigenvalue weighted by molar-refractivity contribution is 6.33. The van der Waals surface area contributed by atoms with Crippen molar-refractivity contribution >= 4 is 29.2 Å². The maximum absolute atomic E-state index is 11.0. The zero-order chi connectivity index (χ0) is 14.5.